The number of rotatable bonds is 6. The molecule has 1 aromatic carbocycles. The third-order valence-corrected chi connectivity index (χ3v) is 4.82. The molecule has 0 radical (unpaired) electrons. The Morgan fingerprint density at radius 1 is 1.39 bits per heavy atom. The zero-order valence-corrected chi connectivity index (χ0v) is 11.7. The molecular formula is C9H10Cl2NO5P. The normalized spacial score (nSPS) is 14.2. The first-order chi connectivity index (χ1) is 8.39. The molecule has 0 aromatic heterocycles. The maximum absolute atomic E-state index is 12.1. The second kappa shape index (κ2) is 6.38. The molecule has 0 heterocycles. The van der Waals surface area contributed by atoms with Crippen molar-refractivity contribution in [2.24, 2.45) is 0 Å². The summed E-state index contributed by atoms with van der Waals surface area (Å²) in [6.45, 7) is 1.72. The van der Waals surface area contributed by atoms with Crippen molar-refractivity contribution in [3.05, 3.63) is 34.4 Å². The predicted octanol–water partition coefficient (Wildman–Crippen LogP) is 3.96. The lowest BCUT2D eigenvalue weighted by Crippen LogP contribution is -2.04. The fourth-order valence-electron chi connectivity index (χ4n) is 1.08. The van der Waals surface area contributed by atoms with Crippen molar-refractivity contribution in [2.45, 2.75) is 11.5 Å². The highest BCUT2D eigenvalue weighted by Crippen LogP contribution is 2.56. The molecule has 6 nitrogen and oxygen atoms in total. The van der Waals surface area contributed by atoms with Gasteiger partial charge in [-0.25, -0.2) is 4.57 Å². The largest absolute Gasteiger partial charge is 0.423 e. The zero-order chi connectivity index (χ0) is 13.8. The number of benzene rings is 1. The van der Waals surface area contributed by atoms with Crippen molar-refractivity contribution in [3.63, 3.8) is 0 Å². The number of non-ortho nitro benzene ring substituents is 1. The molecule has 0 N–H and O–H groups in total. The first kappa shape index (κ1) is 15.2. The monoisotopic (exact) mass is 313 g/mol. The number of nitro benzene ring substituents is 1. The topological polar surface area (TPSA) is 78.7 Å². The molecule has 0 amide bonds. The van der Waals surface area contributed by atoms with Gasteiger partial charge in [0.05, 0.1) is 11.5 Å². The van der Waals surface area contributed by atoms with Crippen molar-refractivity contribution < 1.29 is 18.5 Å². The molecular weight excluding hydrogens is 304 g/mol. The Kier molecular flexibility index (Phi) is 5.41. The van der Waals surface area contributed by atoms with Gasteiger partial charge in [-0.1, -0.05) is 23.2 Å². The van der Waals surface area contributed by atoms with E-state index in [0.29, 0.717) is 0 Å². The summed E-state index contributed by atoms with van der Waals surface area (Å²) in [5, 5.41) is 10.5. The van der Waals surface area contributed by atoms with Crippen molar-refractivity contribution >= 4 is 36.5 Å². The molecule has 1 unspecified atom stereocenters. The van der Waals surface area contributed by atoms with Crippen LogP contribution >= 0.6 is 30.8 Å². The lowest BCUT2D eigenvalue weighted by molar-refractivity contribution is -0.384. The van der Waals surface area contributed by atoms with E-state index in [9.17, 15) is 14.7 Å². The summed E-state index contributed by atoms with van der Waals surface area (Å²) in [4.78, 5) is 9.89. The third kappa shape index (κ3) is 3.85. The van der Waals surface area contributed by atoms with Gasteiger partial charge < -0.3 is 4.52 Å². The van der Waals surface area contributed by atoms with Gasteiger partial charge in [0, 0.05) is 12.1 Å². The highest BCUT2D eigenvalue weighted by molar-refractivity contribution is 7.59. The fourth-order valence-corrected chi connectivity index (χ4v) is 2.68. The summed E-state index contributed by atoms with van der Waals surface area (Å²) in [7, 11) is -3.69. The van der Waals surface area contributed by atoms with E-state index in [1.54, 1.807) is 6.92 Å². The summed E-state index contributed by atoms with van der Waals surface area (Å²) in [5.41, 5.74) is -0.109. The molecule has 0 saturated heterocycles. The molecule has 1 atom stereocenters. The number of nitrogens with zero attached hydrogens (tertiary/aromatic N) is 1. The standard InChI is InChI=1S/C9H10Cl2NO5P/c1-2-16-18(15,9(10)11)17-8-5-3-7(4-6-8)12(13)14/h3-6,9H,2H2,1H3. The first-order valence-corrected chi connectivity index (χ1v) is 7.34. The van der Waals surface area contributed by atoms with E-state index in [2.05, 4.69) is 0 Å². The Bertz CT molecular complexity index is 465. The molecule has 0 bridgehead atoms. The van der Waals surface area contributed by atoms with Crippen LogP contribution in [0.2, 0.25) is 0 Å². The van der Waals surface area contributed by atoms with Crippen LogP contribution in [-0.2, 0) is 9.09 Å². The SMILES string of the molecule is CCOP(=O)(Oc1ccc([N+](=O)[O-])cc1)C(Cl)Cl. The van der Waals surface area contributed by atoms with Crippen molar-refractivity contribution in [1.29, 1.82) is 0 Å². The maximum atomic E-state index is 12.1. The second-order valence-corrected chi connectivity index (χ2v) is 6.82. The molecule has 18 heavy (non-hydrogen) atoms. The summed E-state index contributed by atoms with van der Waals surface area (Å²) in [5.74, 6) is 0.128. The molecule has 0 aliphatic rings. The van der Waals surface area contributed by atoms with Crippen molar-refractivity contribution in [2.75, 3.05) is 6.61 Å². The number of alkyl halides is 2. The average Bonchev–Trinajstić information content (AvgIpc) is 2.29. The minimum absolute atomic E-state index is 0.109. The summed E-state index contributed by atoms with van der Waals surface area (Å²) in [6, 6.07) is 5.01. The van der Waals surface area contributed by atoms with Crippen LogP contribution in [0.1, 0.15) is 6.92 Å². The lowest BCUT2D eigenvalue weighted by atomic mass is 10.3. The van der Waals surface area contributed by atoms with E-state index in [0.717, 1.165) is 0 Å². The first-order valence-electron chi connectivity index (χ1n) is 4.85. The van der Waals surface area contributed by atoms with Gasteiger partial charge in [-0.05, 0) is 19.1 Å². The molecule has 1 rings (SSSR count). The average molecular weight is 314 g/mol. The molecule has 100 valence electrons. The van der Waals surface area contributed by atoms with Gasteiger partial charge in [0.15, 0.2) is 0 Å². The van der Waals surface area contributed by atoms with E-state index >= 15 is 0 Å². The van der Waals surface area contributed by atoms with Crippen LogP contribution in [-0.4, -0.2) is 16.1 Å². The Balaban J connectivity index is 2.88. The van der Waals surface area contributed by atoms with Gasteiger partial charge in [0.1, 0.15) is 5.75 Å². The van der Waals surface area contributed by atoms with Crippen LogP contribution in [0.15, 0.2) is 24.3 Å². The lowest BCUT2D eigenvalue weighted by Gasteiger charge is -2.19. The van der Waals surface area contributed by atoms with E-state index < -0.39 is 17.1 Å². The Labute approximate surface area is 113 Å². The molecule has 0 aliphatic carbocycles. The number of halogens is 2. The second-order valence-electron chi connectivity index (χ2n) is 3.08. The summed E-state index contributed by atoms with van der Waals surface area (Å²) >= 11 is 11.1. The molecule has 0 saturated carbocycles. The van der Waals surface area contributed by atoms with E-state index in [4.69, 9.17) is 32.2 Å². The number of hydrogen-bond donors (Lipinski definition) is 0. The van der Waals surface area contributed by atoms with Gasteiger partial charge in [-0.3, -0.25) is 14.6 Å². The van der Waals surface area contributed by atoms with Crippen LogP contribution in [0.25, 0.3) is 0 Å². The minimum Gasteiger partial charge on any atom is -0.423 e. The minimum atomic E-state index is -3.69. The smallest absolute Gasteiger partial charge is 0.411 e. The summed E-state index contributed by atoms with van der Waals surface area (Å²) in [6.07, 6.45) is 0. The van der Waals surface area contributed by atoms with Crippen LogP contribution in [0.3, 0.4) is 0 Å². The van der Waals surface area contributed by atoms with Crippen LogP contribution < -0.4 is 4.52 Å². The zero-order valence-electron chi connectivity index (χ0n) is 9.29. The number of hydrogen-bond acceptors (Lipinski definition) is 5. The van der Waals surface area contributed by atoms with Gasteiger partial charge in [0.2, 0.25) is 4.58 Å². The number of nitro groups is 1. The van der Waals surface area contributed by atoms with E-state index in [1.165, 1.54) is 24.3 Å². The maximum Gasteiger partial charge on any atom is 0.411 e. The van der Waals surface area contributed by atoms with Gasteiger partial charge >= 0.3 is 7.60 Å². The van der Waals surface area contributed by atoms with Crippen molar-refractivity contribution in [1.82, 2.24) is 0 Å². The highest BCUT2D eigenvalue weighted by atomic mass is 35.5. The quantitative estimate of drug-likeness (QED) is 0.343. The van der Waals surface area contributed by atoms with Crippen LogP contribution in [0.4, 0.5) is 5.69 Å². The van der Waals surface area contributed by atoms with Crippen molar-refractivity contribution in [3.8, 4) is 5.75 Å². The molecule has 0 aliphatic heterocycles. The third-order valence-electron chi connectivity index (χ3n) is 1.83. The molecule has 0 spiro atoms. The van der Waals surface area contributed by atoms with E-state index in [-0.39, 0.29) is 18.0 Å². The molecule has 9 heteroatoms. The molecule has 0 fully saturated rings. The Morgan fingerprint density at radius 3 is 2.33 bits per heavy atom. The van der Waals surface area contributed by atoms with Gasteiger partial charge in [0.25, 0.3) is 5.69 Å². The van der Waals surface area contributed by atoms with Crippen LogP contribution in [0, 0.1) is 10.1 Å². The van der Waals surface area contributed by atoms with E-state index in [1.807, 2.05) is 0 Å². The fraction of sp³-hybridized carbons (Fsp3) is 0.333. The van der Waals surface area contributed by atoms with Crippen LogP contribution in [0.5, 0.6) is 5.75 Å². The Hall–Kier alpha value is -0.810. The molecule has 1 aromatic rings. The van der Waals surface area contributed by atoms with Gasteiger partial charge in [-0.15, -0.1) is 0 Å². The predicted molar refractivity (Wildman–Crippen MR) is 68.5 cm³/mol. The summed E-state index contributed by atoms with van der Waals surface area (Å²) < 4.78 is 20.7. The highest BCUT2D eigenvalue weighted by Gasteiger charge is 2.34. The van der Waals surface area contributed by atoms with Gasteiger partial charge in [-0.2, -0.15) is 0 Å². The Morgan fingerprint density at radius 2 is 1.94 bits per heavy atom.